The summed E-state index contributed by atoms with van der Waals surface area (Å²) in [5, 5.41) is 9.06. The molecule has 0 heterocycles. The average Bonchev–Trinajstić information content (AvgIpc) is 2.48. The zero-order valence-corrected chi connectivity index (χ0v) is 11.8. The molecule has 0 saturated carbocycles. The Morgan fingerprint density at radius 1 is 1.19 bits per heavy atom. The Balaban J connectivity index is 2.16. The summed E-state index contributed by atoms with van der Waals surface area (Å²) in [4.78, 5) is 11.1. The van der Waals surface area contributed by atoms with Gasteiger partial charge in [0.15, 0.2) is 0 Å². The molecule has 2 aromatic carbocycles. The van der Waals surface area contributed by atoms with Gasteiger partial charge >= 0.3 is 5.97 Å². The number of aromatic carboxylic acids is 1. The summed E-state index contributed by atoms with van der Waals surface area (Å²) in [5.74, 6) is -1.16. The molecule has 0 saturated heterocycles. The Morgan fingerprint density at radius 3 is 2.52 bits per heavy atom. The highest BCUT2D eigenvalue weighted by Gasteiger charge is 2.13. The van der Waals surface area contributed by atoms with Gasteiger partial charge in [-0.1, -0.05) is 25.5 Å². The lowest BCUT2D eigenvalue weighted by atomic mass is 10.1. The van der Waals surface area contributed by atoms with Gasteiger partial charge < -0.3 is 9.84 Å². The van der Waals surface area contributed by atoms with Crippen LogP contribution in [0.15, 0.2) is 42.5 Å². The van der Waals surface area contributed by atoms with E-state index in [0.29, 0.717) is 5.75 Å². The van der Waals surface area contributed by atoms with Crippen molar-refractivity contribution in [2.45, 2.75) is 26.2 Å². The van der Waals surface area contributed by atoms with Crippen LogP contribution in [0.2, 0.25) is 0 Å². The second kappa shape index (κ2) is 6.88. The molecule has 0 aliphatic rings. The van der Waals surface area contributed by atoms with Crippen molar-refractivity contribution in [2.75, 3.05) is 0 Å². The van der Waals surface area contributed by atoms with Gasteiger partial charge in [0.25, 0.3) is 0 Å². The molecule has 0 aliphatic carbocycles. The topological polar surface area (TPSA) is 46.5 Å². The van der Waals surface area contributed by atoms with E-state index in [-0.39, 0.29) is 11.3 Å². The van der Waals surface area contributed by atoms with E-state index in [1.165, 1.54) is 17.7 Å². The summed E-state index contributed by atoms with van der Waals surface area (Å²) in [6.45, 7) is 2.14. The molecule has 0 unspecified atom stereocenters. The molecule has 0 aliphatic heterocycles. The lowest BCUT2D eigenvalue weighted by Crippen LogP contribution is -2.00. The largest absolute Gasteiger partial charge is 0.478 e. The highest BCUT2D eigenvalue weighted by atomic mass is 19.1. The summed E-state index contributed by atoms with van der Waals surface area (Å²) in [6, 6.07) is 10.9. The van der Waals surface area contributed by atoms with Crippen LogP contribution in [0.25, 0.3) is 0 Å². The van der Waals surface area contributed by atoms with E-state index in [2.05, 4.69) is 6.92 Å². The van der Waals surface area contributed by atoms with Crippen molar-refractivity contribution in [3.05, 3.63) is 59.4 Å². The molecule has 0 aromatic heterocycles. The third kappa shape index (κ3) is 4.05. The van der Waals surface area contributed by atoms with E-state index in [1.807, 2.05) is 12.1 Å². The maximum Gasteiger partial charge on any atom is 0.339 e. The van der Waals surface area contributed by atoms with Crippen molar-refractivity contribution in [3.63, 3.8) is 0 Å². The minimum atomic E-state index is -1.22. The first kappa shape index (κ1) is 15.0. The maximum absolute atomic E-state index is 13.1. The Bertz CT molecular complexity index is 620. The summed E-state index contributed by atoms with van der Waals surface area (Å²) >= 11 is 0. The van der Waals surface area contributed by atoms with Crippen LogP contribution < -0.4 is 4.74 Å². The van der Waals surface area contributed by atoms with Gasteiger partial charge in [-0.3, -0.25) is 0 Å². The van der Waals surface area contributed by atoms with Crippen molar-refractivity contribution < 1.29 is 19.0 Å². The molecule has 1 N–H and O–H groups in total. The van der Waals surface area contributed by atoms with Crippen molar-refractivity contribution in [1.82, 2.24) is 0 Å². The lowest BCUT2D eigenvalue weighted by molar-refractivity contribution is 0.0693. The summed E-state index contributed by atoms with van der Waals surface area (Å²) in [6.07, 6.45) is 3.27. The van der Waals surface area contributed by atoms with Crippen LogP contribution in [0, 0.1) is 5.82 Å². The molecular formula is C17H17FO3. The van der Waals surface area contributed by atoms with Crippen molar-refractivity contribution in [2.24, 2.45) is 0 Å². The molecule has 0 bridgehead atoms. The first-order valence-corrected chi connectivity index (χ1v) is 6.90. The molecular weight excluding hydrogens is 271 g/mol. The molecule has 110 valence electrons. The van der Waals surface area contributed by atoms with Gasteiger partial charge in [-0.05, 0) is 48.7 Å². The van der Waals surface area contributed by atoms with E-state index in [1.54, 1.807) is 12.1 Å². The number of ether oxygens (including phenoxy) is 1. The quantitative estimate of drug-likeness (QED) is 0.841. The highest BCUT2D eigenvalue weighted by Crippen LogP contribution is 2.26. The molecule has 0 atom stereocenters. The molecule has 0 radical (unpaired) electrons. The monoisotopic (exact) mass is 288 g/mol. The first-order chi connectivity index (χ1) is 10.1. The minimum absolute atomic E-state index is 0.130. The Hall–Kier alpha value is -2.36. The smallest absolute Gasteiger partial charge is 0.339 e. The molecule has 0 amide bonds. The minimum Gasteiger partial charge on any atom is -0.478 e. The fourth-order valence-corrected chi connectivity index (χ4v) is 1.99. The van der Waals surface area contributed by atoms with Crippen LogP contribution >= 0.6 is 0 Å². The second-order valence-electron chi connectivity index (χ2n) is 4.80. The molecule has 0 spiro atoms. The molecule has 4 heteroatoms. The number of unbranched alkanes of at least 4 members (excludes halogenated alkanes) is 1. The predicted octanol–water partition coefficient (Wildman–Crippen LogP) is 4.66. The van der Waals surface area contributed by atoms with Gasteiger partial charge in [0.2, 0.25) is 0 Å². The lowest BCUT2D eigenvalue weighted by Gasteiger charge is -2.09. The summed E-state index contributed by atoms with van der Waals surface area (Å²) in [5.41, 5.74) is 1.02. The number of carbonyl (C=O) groups is 1. The van der Waals surface area contributed by atoms with E-state index in [9.17, 15) is 9.18 Å². The van der Waals surface area contributed by atoms with Crippen LogP contribution in [0.1, 0.15) is 35.7 Å². The van der Waals surface area contributed by atoms with Crippen LogP contribution in [0.3, 0.4) is 0 Å². The Labute approximate surface area is 123 Å². The number of benzene rings is 2. The predicted molar refractivity (Wildman–Crippen MR) is 78.5 cm³/mol. The zero-order chi connectivity index (χ0) is 15.2. The molecule has 3 nitrogen and oxygen atoms in total. The molecule has 0 fully saturated rings. The number of halogens is 1. The van der Waals surface area contributed by atoms with E-state index < -0.39 is 11.8 Å². The number of aryl methyl sites for hydroxylation is 1. The normalized spacial score (nSPS) is 10.4. The van der Waals surface area contributed by atoms with E-state index >= 15 is 0 Å². The molecule has 21 heavy (non-hydrogen) atoms. The van der Waals surface area contributed by atoms with Gasteiger partial charge in [-0.25, -0.2) is 9.18 Å². The summed E-state index contributed by atoms with van der Waals surface area (Å²) in [7, 11) is 0. The highest BCUT2D eigenvalue weighted by molar-refractivity contribution is 5.91. The third-order valence-electron chi connectivity index (χ3n) is 3.14. The third-order valence-corrected chi connectivity index (χ3v) is 3.14. The Morgan fingerprint density at radius 2 is 1.90 bits per heavy atom. The number of rotatable bonds is 6. The number of hydrogen-bond acceptors (Lipinski definition) is 2. The zero-order valence-electron chi connectivity index (χ0n) is 11.8. The van der Waals surface area contributed by atoms with Crippen molar-refractivity contribution in [1.29, 1.82) is 0 Å². The first-order valence-electron chi connectivity index (χ1n) is 6.90. The second-order valence-corrected chi connectivity index (χ2v) is 4.80. The van der Waals surface area contributed by atoms with Gasteiger partial charge in [-0.15, -0.1) is 0 Å². The SMILES string of the molecule is CCCCc1ccc(Oc2ccc(F)cc2C(=O)O)cc1. The standard InChI is InChI=1S/C17H17FO3/c1-2-3-4-12-5-8-14(9-6-12)21-16-10-7-13(18)11-15(16)17(19)20/h5-11H,2-4H2,1H3,(H,19,20). The van der Waals surface area contributed by atoms with Crippen LogP contribution in [0.5, 0.6) is 11.5 Å². The summed E-state index contributed by atoms with van der Waals surface area (Å²) < 4.78 is 18.6. The number of hydrogen-bond donors (Lipinski definition) is 1. The van der Waals surface area contributed by atoms with Crippen molar-refractivity contribution in [3.8, 4) is 11.5 Å². The van der Waals surface area contributed by atoms with Gasteiger partial charge in [-0.2, -0.15) is 0 Å². The number of carboxylic acid groups (broad SMARTS) is 1. The molecule has 2 rings (SSSR count). The van der Waals surface area contributed by atoms with Crippen LogP contribution in [-0.4, -0.2) is 11.1 Å². The van der Waals surface area contributed by atoms with Crippen LogP contribution in [0.4, 0.5) is 4.39 Å². The van der Waals surface area contributed by atoms with Gasteiger partial charge in [0.1, 0.15) is 22.9 Å². The van der Waals surface area contributed by atoms with Crippen LogP contribution in [-0.2, 0) is 6.42 Å². The Kier molecular flexibility index (Phi) is 4.93. The van der Waals surface area contributed by atoms with Gasteiger partial charge in [0, 0.05) is 0 Å². The number of carboxylic acids is 1. The fourth-order valence-electron chi connectivity index (χ4n) is 1.99. The van der Waals surface area contributed by atoms with E-state index in [0.717, 1.165) is 25.3 Å². The van der Waals surface area contributed by atoms with Gasteiger partial charge in [0.05, 0.1) is 0 Å². The average molecular weight is 288 g/mol. The van der Waals surface area contributed by atoms with Crippen molar-refractivity contribution >= 4 is 5.97 Å². The van der Waals surface area contributed by atoms with E-state index in [4.69, 9.17) is 9.84 Å². The molecule has 2 aromatic rings. The fraction of sp³-hybridized carbons (Fsp3) is 0.235. The maximum atomic E-state index is 13.1.